The lowest BCUT2D eigenvalue weighted by Crippen LogP contribution is -2.11. The molecule has 0 aliphatic carbocycles. The maximum Gasteiger partial charge on any atom is 0.232 e. The van der Waals surface area contributed by atoms with E-state index in [4.69, 9.17) is 15.2 Å². The van der Waals surface area contributed by atoms with Gasteiger partial charge in [-0.05, 0) is 35.1 Å². The SMILES string of the molecule is COc1ccc(C(N=C(N)SC)c2cccc(CC(=O)c3cnc(OC)cn3)c2)cc1. The number of rotatable bonds is 8. The molecule has 1 unspecified atom stereocenters. The predicted molar refractivity (Wildman–Crippen MR) is 123 cm³/mol. The highest BCUT2D eigenvalue weighted by Crippen LogP contribution is 2.29. The lowest BCUT2D eigenvalue weighted by molar-refractivity contribution is 0.0987. The molecule has 2 aromatic carbocycles. The predicted octanol–water partition coefficient (Wildman–Crippen LogP) is 3.69. The fraction of sp³-hybridized carbons (Fsp3) is 0.217. The number of amidine groups is 1. The van der Waals surface area contributed by atoms with Crippen LogP contribution in [0.4, 0.5) is 0 Å². The Bertz CT molecular complexity index is 1050. The average molecular weight is 437 g/mol. The molecule has 0 saturated carbocycles. The number of methoxy groups -OCH3 is 2. The van der Waals surface area contributed by atoms with Crippen molar-refractivity contribution in [3.8, 4) is 11.6 Å². The first-order valence-electron chi connectivity index (χ1n) is 9.53. The third-order valence-corrected chi connectivity index (χ3v) is 5.18. The molecular weight excluding hydrogens is 412 g/mol. The summed E-state index contributed by atoms with van der Waals surface area (Å²) in [7, 11) is 3.13. The molecule has 3 aromatic rings. The van der Waals surface area contributed by atoms with E-state index in [1.807, 2.05) is 54.8 Å². The van der Waals surface area contributed by atoms with Crippen molar-refractivity contribution in [3.05, 3.63) is 83.3 Å². The number of aromatic nitrogens is 2. The fourth-order valence-corrected chi connectivity index (χ4v) is 3.23. The Morgan fingerprint density at radius 1 is 1.06 bits per heavy atom. The van der Waals surface area contributed by atoms with E-state index in [9.17, 15) is 4.79 Å². The van der Waals surface area contributed by atoms with Crippen molar-refractivity contribution in [3.63, 3.8) is 0 Å². The molecule has 2 N–H and O–H groups in total. The maximum absolute atomic E-state index is 12.7. The zero-order valence-corrected chi connectivity index (χ0v) is 18.4. The fourth-order valence-electron chi connectivity index (χ4n) is 3.02. The maximum atomic E-state index is 12.7. The van der Waals surface area contributed by atoms with Gasteiger partial charge in [-0.2, -0.15) is 0 Å². The van der Waals surface area contributed by atoms with E-state index in [2.05, 4.69) is 15.0 Å². The Labute approximate surface area is 185 Å². The quantitative estimate of drug-likeness (QED) is 0.327. The zero-order chi connectivity index (χ0) is 22.2. The van der Waals surface area contributed by atoms with Crippen LogP contribution in [0.15, 0.2) is 65.9 Å². The van der Waals surface area contributed by atoms with Crippen LogP contribution in [0.5, 0.6) is 11.6 Å². The van der Waals surface area contributed by atoms with Crippen molar-refractivity contribution >= 4 is 22.7 Å². The Morgan fingerprint density at radius 2 is 1.84 bits per heavy atom. The second-order valence-corrected chi connectivity index (χ2v) is 7.46. The smallest absolute Gasteiger partial charge is 0.232 e. The van der Waals surface area contributed by atoms with Crippen LogP contribution < -0.4 is 15.2 Å². The lowest BCUT2D eigenvalue weighted by atomic mass is 9.96. The molecule has 7 nitrogen and oxygen atoms in total. The average Bonchev–Trinajstić information content (AvgIpc) is 2.82. The van der Waals surface area contributed by atoms with Gasteiger partial charge in [0.25, 0.3) is 0 Å². The zero-order valence-electron chi connectivity index (χ0n) is 17.6. The van der Waals surface area contributed by atoms with Crippen LogP contribution >= 0.6 is 11.8 Å². The van der Waals surface area contributed by atoms with Crippen LogP contribution in [0.3, 0.4) is 0 Å². The van der Waals surface area contributed by atoms with Gasteiger partial charge in [-0.1, -0.05) is 48.2 Å². The lowest BCUT2D eigenvalue weighted by Gasteiger charge is -2.16. The van der Waals surface area contributed by atoms with E-state index >= 15 is 0 Å². The highest BCUT2D eigenvalue weighted by Gasteiger charge is 2.16. The van der Waals surface area contributed by atoms with E-state index < -0.39 is 0 Å². The standard InChI is InChI=1S/C23H24N4O3S/c1-29-18-9-7-16(8-10-18)22(27-23(24)31-3)17-6-4-5-15(11-17)12-20(28)19-13-26-21(30-2)14-25-19/h4-11,13-14,22H,12H2,1-3H3,(H2,24,27). The highest BCUT2D eigenvalue weighted by molar-refractivity contribution is 8.13. The molecule has 0 aliphatic rings. The molecule has 1 atom stereocenters. The van der Waals surface area contributed by atoms with Gasteiger partial charge in [-0.25, -0.2) is 15.0 Å². The molecule has 160 valence electrons. The summed E-state index contributed by atoms with van der Waals surface area (Å²) in [4.78, 5) is 25.5. The van der Waals surface area contributed by atoms with Crippen molar-refractivity contribution in [1.82, 2.24) is 9.97 Å². The number of Topliss-reactive ketones (excluding diaryl/α,β-unsaturated/α-hetero) is 1. The third-order valence-electron chi connectivity index (χ3n) is 4.65. The molecule has 1 heterocycles. The number of hydrogen-bond donors (Lipinski definition) is 1. The van der Waals surface area contributed by atoms with Gasteiger partial charge in [0.1, 0.15) is 17.5 Å². The molecular formula is C23H24N4O3S. The number of nitrogens with two attached hydrogens (primary N) is 1. The van der Waals surface area contributed by atoms with Crippen LogP contribution in [0.25, 0.3) is 0 Å². The minimum atomic E-state index is -0.297. The molecule has 8 heteroatoms. The number of carbonyl (C=O) groups is 1. The number of hydrogen-bond acceptors (Lipinski definition) is 7. The van der Waals surface area contributed by atoms with Gasteiger partial charge >= 0.3 is 0 Å². The van der Waals surface area contributed by atoms with E-state index in [-0.39, 0.29) is 18.2 Å². The van der Waals surface area contributed by atoms with Crippen molar-refractivity contribution in [2.75, 3.05) is 20.5 Å². The number of aliphatic imine (C=N–C) groups is 1. The largest absolute Gasteiger partial charge is 0.497 e. The Balaban J connectivity index is 1.88. The first-order valence-corrected chi connectivity index (χ1v) is 10.8. The Morgan fingerprint density at radius 3 is 2.45 bits per heavy atom. The summed E-state index contributed by atoms with van der Waals surface area (Å²) >= 11 is 1.39. The first-order chi connectivity index (χ1) is 15.0. The second kappa shape index (κ2) is 10.6. The Hall–Kier alpha value is -3.39. The summed E-state index contributed by atoms with van der Waals surface area (Å²) in [6.45, 7) is 0. The summed E-state index contributed by atoms with van der Waals surface area (Å²) in [5.41, 5.74) is 9.10. The summed E-state index contributed by atoms with van der Waals surface area (Å²) in [6.07, 6.45) is 4.94. The molecule has 0 amide bonds. The van der Waals surface area contributed by atoms with Crippen molar-refractivity contribution in [1.29, 1.82) is 0 Å². The Kier molecular flexibility index (Phi) is 7.61. The van der Waals surface area contributed by atoms with Gasteiger partial charge in [-0.15, -0.1) is 0 Å². The number of ether oxygens (including phenoxy) is 2. The van der Waals surface area contributed by atoms with Crippen LogP contribution in [-0.4, -0.2) is 41.4 Å². The second-order valence-electron chi connectivity index (χ2n) is 6.64. The molecule has 0 aliphatic heterocycles. The molecule has 31 heavy (non-hydrogen) atoms. The molecule has 0 bridgehead atoms. The van der Waals surface area contributed by atoms with Gasteiger partial charge in [0.2, 0.25) is 5.88 Å². The van der Waals surface area contributed by atoms with Gasteiger partial charge in [-0.3, -0.25) is 4.79 Å². The minimum absolute atomic E-state index is 0.125. The normalized spacial score (nSPS) is 12.3. The molecule has 0 saturated heterocycles. The van der Waals surface area contributed by atoms with Crippen LogP contribution in [0.2, 0.25) is 0 Å². The van der Waals surface area contributed by atoms with Crippen LogP contribution in [-0.2, 0) is 6.42 Å². The molecule has 0 spiro atoms. The van der Waals surface area contributed by atoms with Crippen LogP contribution in [0, 0.1) is 0 Å². The number of thioether (sulfide) groups is 1. The number of carbonyl (C=O) groups excluding carboxylic acids is 1. The number of benzene rings is 2. The van der Waals surface area contributed by atoms with Gasteiger partial charge in [0, 0.05) is 6.42 Å². The number of ketones is 1. The van der Waals surface area contributed by atoms with E-state index in [1.54, 1.807) is 7.11 Å². The highest BCUT2D eigenvalue weighted by atomic mass is 32.2. The van der Waals surface area contributed by atoms with E-state index in [1.165, 1.54) is 31.3 Å². The summed E-state index contributed by atoms with van der Waals surface area (Å²) in [5.74, 6) is 1.01. The third kappa shape index (κ3) is 5.82. The topological polar surface area (TPSA) is 99.7 Å². The summed E-state index contributed by atoms with van der Waals surface area (Å²) in [6, 6.07) is 15.2. The molecule has 0 radical (unpaired) electrons. The molecule has 0 fully saturated rings. The molecule has 1 aromatic heterocycles. The van der Waals surface area contributed by atoms with Crippen LogP contribution in [0.1, 0.15) is 33.2 Å². The van der Waals surface area contributed by atoms with Crippen molar-refractivity contribution in [2.24, 2.45) is 10.7 Å². The van der Waals surface area contributed by atoms with Gasteiger partial charge < -0.3 is 15.2 Å². The van der Waals surface area contributed by atoms with Crippen molar-refractivity contribution < 1.29 is 14.3 Å². The number of nitrogens with zero attached hydrogens (tertiary/aromatic N) is 3. The van der Waals surface area contributed by atoms with E-state index in [0.29, 0.717) is 16.7 Å². The van der Waals surface area contributed by atoms with Crippen molar-refractivity contribution in [2.45, 2.75) is 12.5 Å². The molecule has 3 rings (SSSR count). The van der Waals surface area contributed by atoms with Gasteiger partial charge in [0.15, 0.2) is 11.0 Å². The van der Waals surface area contributed by atoms with E-state index in [0.717, 1.165) is 22.4 Å². The monoisotopic (exact) mass is 436 g/mol. The first kappa shape index (κ1) is 22.3. The minimum Gasteiger partial charge on any atom is -0.497 e. The van der Waals surface area contributed by atoms with Gasteiger partial charge in [0.05, 0.1) is 26.6 Å². The summed E-state index contributed by atoms with van der Waals surface area (Å²) in [5, 5.41) is 0.482. The summed E-state index contributed by atoms with van der Waals surface area (Å²) < 4.78 is 10.2.